The third-order valence-electron chi connectivity index (χ3n) is 15.3. The van der Waals surface area contributed by atoms with Crippen LogP contribution in [0.15, 0.2) is 176 Å². The molecule has 0 unspecified atom stereocenters. The Hall–Kier alpha value is -6.44. The fraction of sp³-hybridized carbons (Fsp3) is 0.238. The lowest BCUT2D eigenvalue weighted by Crippen LogP contribution is -2.30. The summed E-state index contributed by atoms with van der Waals surface area (Å²) >= 11 is 0. The van der Waals surface area contributed by atoms with Crippen LogP contribution in [0, 0.1) is 0 Å². The first-order valence-electron chi connectivity index (χ1n) is 23.3. The minimum atomic E-state index is -0.578. The maximum absolute atomic E-state index is 2.66. The molecule has 8 aromatic rings. The van der Waals surface area contributed by atoms with Crippen LogP contribution in [0.5, 0.6) is 0 Å². The molecule has 0 aromatic heterocycles. The molecule has 0 fully saturated rings. The number of hydrogen-bond acceptors (Lipinski definition) is 1. The van der Waals surface area contributed by atoms with Gasteiger partial charge in [-0.3, -0.25) is 0 Å². The van der Waals surface area contributed by atoms with E-state index < -0.39 is 5.41 Å². The summed E-state index contributed by atoms with van der Waals surface area (Å²) in [5, 5.41) is 0. The van der Waals surface area contributed by atoms with Crippen LogP contribution in [0.1, 0.15) is 125 Å². The third kappa shape index (κ3) is 5.62. The number of fused-ring (bicyclic) bond motifs is 9. The molecule has 1 heteroatoms. The number of benzene rings is 8. The Balaban J connectivity index is 1.32. The summed E-state index contributed by atoms with van der Waals surface area (Å²) < 4.78 is 0. The fourth-order valence-corrected chi connectivity index (χ4v) is 11.8. The summed E-state index contributed by atoms with van der Waals surface area (Å²) in [4.78, 5) is 2.66. The molecule has 0 N–H and O–H groups in total. The van der Waals surface area contributed by atoms with Crippen molar-refractivity contribution in [2.45, 2.75) is 96.3 Å². The van der Waals surface area contributed by atoms with Crippen molar-refractivity contribution < 1.29 is 0 Å². The Morgan fingerprint density at radius 2 is 0.828 bits per heavy atom. The number of anilines is 3. The van der Waals surface area contributed by atoms with Crippen molar-refractivity contribution in [1.82, 2.24) is 0 Å². The van der Waals surface area contributed by atoms with E-state index in [-0.39, 0.29) is 21.7 Å². The lowest BCUT2D eigenvalue weighted by molar-refractivity contribution is 0.586. The van der Waals surface area contributed by atoms with Gasteiger partial charge in [0.15, 0.2) is 0 Å². The van der Waals surface area contributed by atoms with E-state index in [0.29, 0.717) is 0 Å². The first-order valence-corrected chi connectivity index (χ1v) is 23.3. The molecule has 0 saturated heterocycles. The van der Waals surface area contributed by atoms with Gasteiger partial charge < -0.3 is 4.90 Å². The van der Waals surface area contributed by atoms with Crippen LogP contribution in [-0.2, 0) is 27.1 Å². The van der Waals surface area contributed by atoms with Gasteiger partial charge in [-0.25, -0.2) is 0 Å². The molecular formula is C63H59N. The van der Waals surface area contributed by atoms with E-state index in [1.54, 1.807) is 0 Å². The summed E-state index contributed by atoms with van der Waals surface area (Å²) in [7, 11) is 0. The first-order chi connectivity index (χ1) is 30.5. The van der Waals surface area contributed by atoms with Crippen LogP contribution in [-0.4, -0.2) is 0 Å². The van der Waals surface area contributed by atoms with Crippen LogP contribution < -0.4 is 4.90 Å². The molecule has 0 heterocycles. The summed E-state index contributed by atoms with van der Waals surface area (Å²) in [5.41, 5.74) is 23.8. The average molecular weight is 830 g/mol. The van der Waals surface area contributed by atoms with E-state index in [9.17, 15) is 0 Å². The Kier molecular flexibility index (Phi) is 8.69. The topological polar surface area (TPSA) is 3.24 Å². The van der Waals surface area contributed by atoms with E-state index in [2.05, 4.69) is 250 Å². The van der Waals surface area contributed by atoms with E-state index in [0.717, 1.165) is 0 Å². The van der Waals surface area contributed by atoms with Gasteiger partial charge in [-0.05, 0) is 113 Å². The second kappa shape index (κ2) is 13.8. The van der Waals surface area contributed by atoms with Crippen LogP contribution in [0.3, 0.4) is 0 Å². The molecule has 0 bridgehead atoms. The molecule has 8 aromatic carbocycles. The van der Waals surface area contributed by atoms with Crippen LogP contribution >= 0.6 is 0 Å². The summed E-state index contributed by atoms with van der Waals surface area (Å²) in [6.45, 7) is 23.8. The van der Waals surface area contributed by atoms with E-state index >= 15 is 0 Å². The minimum Gasteiger partial charge on any atom is -0.309 e. The lowest BCUT2D eigenvalue weighted by atomic mass is 9.66. The molecule has 1 nitrogen and oxygen atoms in total. The molecule has 3 aliphatic rings. The summed E-state index contributed by atoms with van der Waals surface area (Å²) in [6, 6.07) is 67.7. The number of hydrogen-bond donors (Lipinski definition) is 0. The average Bonchev–Trinajstić information content (AvgIpc) is 3.81. The van der Waals surface area contributed by atoms with Gasteiger partial charge in [0.05, 0.1) is 16.8 Å². The molecule has 3 aliphatic carbocycles. The van der Waals surface area contributed by atoms with Crippen molar-refractivity contribution in [3.8, 4) is 33.4 Å². The number of rotatable bonds is 5. The normalized spacial score (nSPS) is 15.7. The van der Waals surface area contributed by atoms with Crippen molar-refractivity contribution in [3.05, 3.63) is 232 Å². The Morgan fingerprint density at radius 1 is 0.344 bits per heavy atom. The zero-order chi connectivity index (χ0) is 44.6. The zero-order valence-corrected chi connectivity index (χ0v) is 39.2. The van der Waals surface area contributed by atoms with Crippen LogP contribution in [0.4, 0.5) is 17.1 Å². The van der Waals surface area contributed by atoms with E-state index in [1.165, 1.54) is 106 Å². The highest BCUT2D eigenvalue weighted by Gasteiger charge is 2.49. The van der Waals surface area contributed by atoms with Gasteiger partial charge >= 0.3 is 0 Å². The third-order valence-corrected chi connectivity index (χ3v) is 15.3. The largest absolute Gasteiger partial charge is 0.309 e. The van der Waals surface area contributed by atoms with Crippen molar-refractivity contribution in [2.24, 2.45) is 0 Å². The molecule has 0 spiro atoms. The van der Waals surface area contributed by atoms with Crippen LogP contribution in [0.2, 0.25) is 0 Å². The van der Waals surface area contributed by atoms with Crippen molar-refractivity contribution in [3.63, 3.8) is 0 Å². The predicted molar refractivity (Wildman–Crippen MR) is 271 cm³/mol. The predicted octanol–water partition coefficient (Wildman–Crippen LogP) is 16.7. The van der Waals surface area contributed by atoms with E-state index in [4.69, 9.17) is 0 Å². The van der Waals surface area contributed by atoms with Gasteiger partial charge in [0.1, 0.15) is 0 Å². The van der Waals surface area contributed by atoms with Gasteiger partial charge in [0.25, 0.3) is 0 Å². The molecule has 316 valence electrons. The molecule has 11 rings (SSSR count). The maximum atomic E-state index is 2.66. The molecule has 0 aliphatic heterocycles. The van der Waals surface area contributed by atoms with Gasteiger partial charge in [-0.15, -0.1) is 0 Å². The zero-order valence-electron chi connectivity index (χ0n) is 39.2. The monoisotopic (exact) mass is 829 g/mol. The molecular weight excluding hydrogens is 771 g/mol. The molecule has 0 saturated carbocycles. The Labute approximate surface area is 381 Å². The molecule has 0 radical (unpaired) electrons. The van der Waals surface area contributed by atoms with Gasteiger partial charge in [-0.1, -0.05) is 221 Å². The van der Waals surface area contributed by atoms with Crippen molar-refractivity contribution in [2.75, 3.05) is 4.90 Å². The first kappa shape index (κ1) is 40.3. The SMILES string of the molecule is CC(C)(C)c1ccc2c(c1)C(c1ccccc1)(c1ccccc1)c1cc(C(C)(C)C)cc(N(c3ccc4c(c3)C(C)(C)c3ccccc3-4)c3cccc4c3-c3ccccc3C4(C)C)c1-2. The maximum Gasteiger partial charge on any atom is 0.0714 e. The van der Waals surface area contributed by atoms with Gasteiger partial charge in [0, 0.05) is 27.6 Å². The second-order valence-electron chi connectivity index (χ2n) is 21.8. The Morgan fingerprint density at radius 3 is 1.47 bits per heavy atom. The van der Waals surface area contributed by atoms with Crippen molar-refractivity contribution >= 4 is 17.1 Å². The number of nitrogens with zero attached hydrogens (tertiary/aromatic N) is 1. The summed E-state index contributed by atoms with van der Waals surface area (Å²) in [5.74, 6) is 0. The van der Waals surface area contributed by atoms with E-state index in [1.807, 2.05) is 0 Å². The van der Waals surface area contributed by atoms with Gasteiger partial charge in [-0.2, -0.15) is 0 Å². The Bertz CT molecular complexity index is 3130. The van der Waals surface area contributed by atoms with Crippen molar-refractivity contribution in [1.29, 1.82) is 0 Å². The lowest BCUT2D eigenvalue weighted by Gasteiger charge is -2.37. The summed E-state index contributed by atoms with van der Waals surface area (Å²) in [6.07, 6.45) is 0. The molecule has 64 heavy (non-hydrogen) atoms. The highest BCUT2D eigenvalue weighted by atomic mass is 15.2. The quantitative estimate of drug-likeness (QED) is 0.167. The minimum absolute atomic E-state index is 0.0477. The smallest absolute Gasteiger partial charge is 0.0714 e. The standard InChI is InChI=1S/C63H59N/c1-59(2,3)42-32-34-48-53(36-42)63(40-22-13-11-14-23-40,41-24-15-12-16-25-41)54-37-43(60(4,5)6)38-56(58(48)54)64(44-33-35-46-45-26-17-19-28-49(45)62(9,10)52(46)39-44)55-31-21-30-51-57(55)47-27-18-20-29-50(47)61(51,7)8/h11-39H,1-10H3. The highest BCUT2D eigenvalue weighted by Crippen LogP contribution is 2.63. The second-order valence-corrected chi connectivity index (χ2v) is 21.8. The van der Waals surface area contributed by atoms with Crippen LogP contribution in [0.25, 0.3) is 33.4 Å². The molecule has 0 atom stereocenters. The fourth-order valence-electron chi connectivity index (χ4n) is 11.8. The van der Waals surface area contributed by atoms with Gasteiger partial charge in [0.2, 0.25) is 0 Å². The highest BCUT2D eigenvalue weighted by molar-refractivity contribution is 6.02. The molecule has 0 amide bonds.